The van der Waals surface area contributed by atoms with Gasteiger partial charge in [0.05, 0.1) is 23.4 Å². The fourth-order valence-electron chi connectivity index (χ4n) is 1.67. The lowest BCUT2D eigenvalue weighted by Gasteiger charge is -2.27. The summed E-state index contributed by atoms with van der Waals surface area (Å²) >= 11 is 0. The SMILES string of the molecule is COc1ccc2c(c1)S(=O)(=O)CCN2C. The summed E-state index contributed by atoms with van der Waals surface area (Å²) in [6, 6.07) is 5.14. The third-order valence-corrected chi connectivity index (χ3v) is 4.33. The van der Waals surface area contributed by atoms with Gasteiger partial charge in [-0.2, -0.15) is 0 Å². The van der Waals surface area contributed by atoms with Gasteiger partial charge in [0.2, 0.25) is 0 Å². The number of anilines is 1. The normalized spacial score (nSPS) is 18.4. The summed E-state index contributed by atoms with van der Waals surface area (Å²) in [5.74, 6) is 0.747. The second-order valence-corrected chi connectivity index (χ2v) is 5.65. The molecule has 1 aromatic rings. The highest BCUT2D eigenvalue weighted by Crippen LogP contribution is 2.32. The van der Waals surface area contributed by atoms with Crippen LogP contribution in [-0.2, 0) is 9.84 Å². The first-order chi connectivity index (χ1) is 7.04. The van der Waals surface area contributed by atoms with Crippen LogP contribution in [0.1, 0.15) is 0 Å². The molecule has 0 aromatic heterocycles. The minimum absolute atomic E-state index is 0.170. The van der Waals surface area contributed by atoms with Crippen molar-refractivity contribution in [2.75, 3.05) is 31.4 Å². The van der Waals surface area contributed by atoms with E-state index in [-0.39, 0.29) is 5.75 Å². The maximum absolute atomic E-state index is 11.8. The van der Waals surface area contributed by atoms with E-state index in [2.05, 4.69) is 0 Å². The van der Waals surface area contributed by atoms with Crippen LogP contribution in [0.2, 0.25) is 0 Å². The lowest BCUT2D eigenvalue weighted by atomic mass is 10.2. The van der Waals surface area contributed by atoms with E-state index in [1.165, 1.54) is 7.11 Å². The van der Waals surface area contributed by atoms with Crippen LogP contribution in [0.3, 0.4) is 0 Å². The number of methoxy groups -OCH3 is 1. The van der Waals surface area contributed by atoms with E-state index in [1.54, 1.807) is 18.2 Å². The summed E-state index contributed by atoms with van der Waals surface area (Å²) in [4.78, 5) is 2.31. The number of hydrogen-bond donors (Lipinski definition) is 0. The average molecular weight is 227 g/mol. The molecule has 0 bridgehead atoms. The molecule has 0 unspecified atom stereocenters. The highest BCUT2D eigenvalue weighted by molar-refractivity contribution is 7.91. The Morgan fingerprint density at radius 2 is 2.13 bits per heavy atom. The van der Waals surface area contributed by atoms with Gasteiger partial charge >= 0.3 is 0 Å². The maximum atomic E-state index is 11.8. The first-order valence-electron chi connectivity index (χ1n) is 4.66. The molecule has 82 valence electrons. The van der Waals surface area contributed by atoms with Crippen LogP contribution in [0.4, 0.5) is 5.69 Å². The third kappa shape index (κ3) is 1.67. The highest BCUT2D eigenvalue weighted by atomic mass is 32.2. The van der Waals surface area contributed by atoms with Gasteiger partial charge in [-0.3, -0.25) is 0 Å². The van der Waals surface area contributed by atoms with Crippen molar-refractivity contribution in [2.45, 2.75) is 4.90 Å². The van der Waals surface area contributed by atoms with Gasteiger partial charge in [0.1, 0.15) is 5.75 Å². The van der Waals surface area contributed by atoms with E-state index in [0.29, 0.717) is 17.2 Å². The molecule has 5 heteroatoms. The summed E-state index contributed by atoms with van der Waals surface area (Å²) in [5, 5.41) is 0. The minimum atomic E-state index is -3.13. The predicted molar refractivity (Wildman–Crippen MR) is 58.3 cm³/mol. The molecule has 2 rings (SSSR count). The van der Waals surface area contributed by atoms with E-state index in [9.17, 15) is 8.42 Å². The van der Waals surface area contributed by atoms with Crippen molar-refractivity contribution >= 4 is 15.5 Å². The summed E-state index contributed by atoms with van der Waals surface area (Å²) in [6.45, 7) is 0.543. The molecule has 1 heterocycles. The molecule has 0 aliphatic carbocycles. The van der Waals surface area contributed by atoms with Gasteiger partial charge in [-0.15, -0.1) is 0 Å². The Morgan fingerprint density at radius 3 is 2.80 bits per heavy atom. The average Bonchev–Trinajstić information content (AvgIpc) is 2.24. The molecular weight excluding hydrogens is 214 g/mol. The second-order valence-electron chi connectivity index (χ2n) is 3.57. The van der Waals surface area contributed by atoms with Crippen molar-refractivity contribution in [1.82, 2.24) is 0 Å². The van der Waals surface area contributed by atoms with Crippen molar-refractivity contribution in [2.24, 2.45) is 0 Å². The van der Waals surface area contributed by atoms with Gasteiger partial charge in [0.15, 0.2) is 9.84 Å². The van der Waals surface area contributed by atoms with E-state index < -0.39 is 9.84 Å². The van der Waals surface area contributed by atoms with Crippen LogP contribution in [0.15, 0.2) is 23.1 Å². The molecule has 0 spiro atoms. The monoisotopic (exact) mass is 227 g/mol. The predicted octanol–water partition coefficient (Wildman–Crippen LogP) is 0.919. The van der Waals surface area contributed by atoms with E-state index >= 15 is 0 Å². The molecule has 1 aliphatic rings. The Kier molecular flexibility index (Phi) is 2.34. The van der Waals surface area contributed by atoms with Gasteiger partial charge < -0.3 is 9.64 Å². The van der Waals surface area contributed by atoms with Gasteiger partial charge in [-0.1, -0.05) is 0 Å². The first-order valence-corrected chi connectivity index (χ1v) is 6.32. The van der Waals surface area contributed by atoms with Crippen molar-refractivity contribution in [3.63, 3.8) is 0 Å². The van der Waals surface area contributed by atoms with Crippen molar-refractivity contribution < 1.29 is 13.2 Å². The smallest absolute Gasteiger partial charge is 0.182 e. The number of hydrogen-bond acceptors (Lipinski definition) is 4. The van der Waals surface area contributed by atoms with E-state index in [4.69, 9.17) is 4.74 Å². The van der Waals surface area contributed by atoms with Crippen molar-refractivity contribution in [3.05, 3.63) is 18.2 Å². The Morgan fingerprint density at radius 1 is 1.40 bits per heavy atom. The van der Waals surface area contributed by atoms with Crippen LogP contribution >= 0.6 is 0 Å². The number of benzene rings is 1. The van der Waals surface area contributed by atoms with E-state index in [1.807, 2.05) is 11.9 Å². The zero-order valence-electron chi connectivity index (χ0n) is 8.73. The molecule has 4 nitrogen and oxygen atoms in total. The fraction of sp³-hybridized carbons (Fsp3) is 0.400. The molecule has 1 aliphatic heterocycles. The fourth-order valence-corrected chi connectivity index (χ4v) is 3.25. The summed E-state index contributed by atoms with van der Waals surface area (Å²) in [5.41, 5.74) is 0.752. The molecule has 0 atom stereocenters. The molecule has 0 N–H and O–H groups in total. The third-order valence-electron chi connectivity index (χ3n) is 2.61. The van der Waals surface area contributed by atoms with Crippen LogP contribution in [-0.4, -0.2) is 34.9 Å². The lowest BCUT2D eigenvalue weighted by molar-refractivity contribution is 0.413. The zero-order chi connectivity index (χ0) is 11.1. The lowest BCUT2D eigenvalue weighted by Crippen LogP contribution is -2.31. The maximum Gasteiger partial charge on any atom is 0.182 e. The number of rotatable bonds is 1. The molecule has 15 heavy (non-hydrogen) atoms. The number of nitrogens with zero attached hydrogens (tertiary/aromatic N) is 1. The molecule has 0 radical (unpaired) electrons. The molecule has 1 aromatic carbocycles. The van der Waals surface area contributed by atoms with Crippen molar-refractivity contribution in [3.8, 4) is 5.75 Å². The van der Waals surface area contributed by atoms with Crippen LogP contribution in [0.5, 0.6) is 5.75 Å². The minimum Gasteiger partial charge on any atom is -0.497 e. The molecule has 0 amide bonds. The molecule has 0 fully saturated rings. The highest BCUT2D eigenvalue weighted by Gasteiger charge is 2.26. The Balaban J connectivity index is 2.64. The summed E-state index contributed by atoms with van der Waals surface area (Å²) in [7, 11) is 0.288. The van der Waals surface area contributed by atoms with Gasteiger partial charge in [-0.25, -0.2) is 8.42 Å². The first kappa shape index (κ1) is 10.3. The number of fused-ring (bicyclic) bond motifs is 1. The number of ether oxygens (including phenoxy) is 1. The largest absolute Gasteiger partial charge is 0.497 e. The molecular formula is C10H13NO3S. The van der Waals surface area contributed by atoms with Crippen LogP contribution in [0.25, 0.3) is 0 Å². The zero-order valence-corrected chi connectivity index (χ0v) is 9.54. The number of sulfone groups is 1. The summed E-state index contributed by atoms with van der Waals surface area (Å²) in [6.07, 6.45) is 0. The Bertz CT molecular complexity index is 481. The van der Waals surface area contributed by atoms with Crippen LogP contribution in [0, 0.1) is 0 Å². The van der Waals surface area contributed by atoms with Gasteiger partial charge in [0.25, 0.3) is 0 Å². The Hall–Kier alpha value is -1.23. The molecule has 0 saturated heterocycles. The quantitative estimate of drug-likeness (QED) is 0.715. The van der Waals surface area contributed by atoms with Crippen LogP contribution < -0.4 is 9.64 Å². The second kappa shape index (κ2) is 3.41. The topological polar surface area (TPSA) is 46.6 Å². The van der Waals surface area contributed by atoms with E-state index in [0.717, 1.165) is 5.69 Å². The van der Waals surface area contributed by atoms with Gasteiger partial charge in [0, 0.05) is 19.7 Å². The summed E-state index contributed by atoms with van der Waals surface area (Å²) < 4.78 is 28.6. The molecule has 0 saturated carbocycles. The standard InChI is InChI=1S/C10H13NO3S/c1-11-5-6-15(12,13)10-7-8(14-2)3-4-9(10)11/h3-4,7H,5-6H2,1-2H3. The Labute approximate surface area is 89.4 Å². The van der Waals surface area contributed by atoms with Gasteiger partial charge in [-0.05, 0) is 12.1 Å². The van der Waals surface area contributed by atoms with Crippen molar-refractivity contribution in [1.29, 1.82) is 0 Å².